The van der Waals surface area contributed by atoms with Gasteiger partial charge in [-0.05, 0) is 32.0 Å². The Morgan fingerprint density at radius 1 is 1.28 bits per heavy atom. The Bertz CT molecular complexity index is 494. The molecule has 0 aromatic carbocycles. The van der Waals surface area contributed by atoms with Crippen LogP contribution in [-0.2, 0) is 13.1 Å². The first-order valence-corrected chi connectivity index (χ1v) is 6.12. The molecule has 96 valence electrons. The van der Waals surface area contributed by atoms with Crippen molar-refractivity contribution in [2.45, 2.75) is 26.9 Å². The van der Waals surface area contributed by atoms with Gasteiger partial charge in [-0.1, -0.05) is 6.07 Å². The third kappa shape index (κ3) is 3.34. The number of nitrogens with one attached hydrogen (secondary N) is 1. The molecule has 0 saturated carbocycles. The summed E-state index contributed by atoms with van der Waals surface area (Å²) in [6, 6.07) is 7.87. The average Bonchev–Trinajstić information content (AvgIpc) is 2.78. The molecule has 4 nitrogen and oxygen atoms in total. The van der Waals surface area contributed by atoms with E-state index in [2.05, 4.69) is 10.3 Å². The quantitative estimate of drug-likeness (QED) is 0.851. The maximum atomic E-state index is 5.49. The number of hydrogen-bond acceptors (Lipinski definition) is 4. The van der Waals surface area contributed by atoms with Gasteiger partial charge in [0.15, 0.2) is 0 Å². The van der Waals surface area contributed by atoms with Crippen molar-refractivity contribution in [1.29, 1.82) is 0 Å². The van der Waals surface area contributed by atoms with Crippen LogP contribution in [0.15, 0.2) is 34.9 Å². The summed E-state index contributed by atoms with van der Waals surface area (Å²) < 4.78 is 11.0. The van der Waals surface area contributed by atoms with E-state index < -0.39 is 0 Å². The van der Waals surface area contributed by atoms with Crippen LogP contribution in [0.25, 0.3) is 0 Å². The summed E-state index contributed by atoms with van der Waals surface area (Å²) in [6.45, 7) is 5.94. The summed E-state index contributed by atoms with van der Waals surface area (Å²) in [7, 11) is 0. The molecule has 0 bridgehead atoms. The van der Waals surface area contributed by atoms with Gasteiger partial charge in [0.25, 0.3) is 0 Å². The molecule has 0 unspecified atom stereocenters. The minimum absolute atomic E-state index is 0.626. The summed E-state index contributed by atoms with van der Waals surface area (Å²) in [5, 5.41) is 3.32. The van der Waals surface area contributed by atoms with E-state index in [1.807, 2.05) is 38.1 Å². The van der Waals surface area contributed by atoms with E-state index in [1.54, 1.807) is 6.20 Å². The van der Waals surface area contributed by atoms with Crippen molar-refractivity contribution >= 4 is 0 Å². The zero-order valence-corrected chi connectivity index (χ0v) is 10.8. The van der Waals surface area contributed by atoms with Gasteiger partial charge in [-0.2, -0.15) is 0 Å². The van der Waals surface area contributed by atoms with E-state index in [0.717, 1.165) is 17.1 Å². The van der Waals surface area contributed by atoms with E-state index in [9.17, 15) is 0 Å². The number of pyridine rings is 1. The predicted molar refractivity (Wildman–Crippen MR) is 69.4 cm³/mol. The second-order valence-corrected chi connectivity index (χ2v) is 4.02. The Morgan fingerprint density at radius 2 is 2.17 bits per heavy atom. The molecule has 0 aliphatic rings. The normalized spacial score (nSPS) is 10.6. The molecule has 2 aromatic rings. The molecule has 4 heteroatoms. The average molecular weight is 246 g/mol. The van der Waals surface area contributed by atoms with Crippen LogP contribution in [0.3, 0.4) is 0 Å². The van der Waals surface area contributed by atoms with Crippen molar-refractivity contribution in [3.8, 4) is 5.88 Å². The van der Waals surface area contributed by atoms with Crippen molar-refractivity contribution in [1.82, 2.24) is 10.3 Å². The van der Waals surface area contributed by atoms with Gasteiger partial charge in [0.05, 0.1) is 13.2 Å². The van der Waals surface area contributed by atoms with E-state index >= 15 is 0 Å². The Kier molecular flexibility index (Phi) is 4.36. The zero-order chi connectivity index (χ0) is 12.8. The smallest absolute Gasteiger partial charge is 0.217 e. The molecule has 0 atom stereocenters. The van der Waals surface area contributed by atoms with Gasteiger partial charge in [-0.15, -0.1) is 0 Å². The maximum absolute atomic E-state index is 5.49. The zero-order valence-electron chi connectivity index (χ0n) is 10.8. The number of hydrogen-bond donors (Lipinski definition) is 1. The first kappa shape index (κ1) is 12.6. The minimum atomic E-state index is 0.626. The number of furan rings is 1. The van der Waals surface area contributed by atoms with Gasteiger partial charge in [0.1, 0.15) is 11.5 Å². The molecule has 0 aliphatic heterocycles. The number of nitrogens with zero attached hydrogens (tertiary/aromatic N) is 1. The van der Waals surface area contributed by atoms with Crippen molar-refractivity contribution in [3.05, 3.63) is 47.5 Å². The molecule has 2 heterocycles. The van der Waals surface area contributed by atoms with Crippen molar-refractivity contribution in [2.24, 2.45) is 0 Å². The molecule has 18 heavy (non-hydrogen) atoms. The van der Waals surface area contributed by atoms with Crippen LogP contribution in [0, 0.1) is 6.92 Å². The predicted octanol–water partition coefficient (Wildman–Crippen LogP) is 2.67. The fraction of sp³-hybridized carbons (Fsp3) is 0.357. The van der Waals surface area contributed by atoms with Crippen LogP contribution in [0.4, 0.5) is 0 Å². The van der Waals surface area contributed by atoms with Crippen molar-refractivity contribution in [3.63, 3.8) is 0 Å². The lowest BCUT2D eigenvalue weighted by Gasteiger charge is -2.08. The highest BCUT2D eigenvalue weighted by Crippen LogP contribution is 2.14. The molecule has 0 radical (unpaired) electrons. The highest BCUT2D eigenvalue weighted by atomic mass is 16.5. The standard InChI is InChI=1S/C14H18N2O2/c1-3-17-14-12(5-4-8-16-14)9-15-10-13-7-6-11(2)18-13/h4-8,15H,3,9-10H2,1-2H3. The topological polar surface area (TPSA) is 47.3 Å². The third-order valence-electron chi connectivity index (χ3n) is 2.54. The van der Waals surface area contributed by atoms with Crippen LogP contribution in [0.5, 0.6) is 5.88 Å². The SMILES string of the molecule is CCOc1ncccc1CNCc1ccc(C)o1. The van der Waals surface area contributed by atoms with Gasteiger partial charge >= 0.3 is 0 Å². The fourth-order valence-electron chi connectivity index (χ4n) is 1.73. The van der Waals surface area contributed by atoms with Gasteiger partial charge in [-0.3, -0.25) is 0 Å². The molecule has 2 rings (SSSR count). The Hall–Kier alpha value is -1.81. The van der Waals surface area contributed by atoms with Crippen LogP contribution in [0.1, 0.15) is 24.0 Å². The molecular formula is C14H18N2O2. The first-order chi connectivity index (χ1) is 8.79. The van der Waals surface area contributed by atoms with Gasteiger partial charge < -0.3 is 14.5 Å². The van der Waals surface area contributed by atoms with Crippen LogP contribution >= 0.6 is 0 Å². The Labute approximate surface area is 107 Å². The van der Waals surface area contributed by atoms with Crippen LogP contribution in [0.2, 0.25) is 0 Å². The molecule has 1 N–H and O–H groups in total. The molecule has 2 aromatic heterocycles. The van der Waals surface area contributed by atoms with Crippen LogP contribution < -0.4 is 10.1 Å². The third-order valence-corrected chi connectivity index (χ3v) is 2.54. The molecule has 0 saturated heterocycles. The lowest BCUT2D eigenvalue weighted by atomic mass is 10.2. The molecular weight excluding hydrogens is 228 g/mol. The fourth-order valence-corrected chi connectivity index (χ4v) is 1.73. The highest BCUT2D eigenvalue weighted by molar-refractivity contribution is 5.25. The van der Waals surface area contributed by atoms with E-state index in [-0.39, 0.29) is 0 Å². The van der Waals surface area contributed by atoms with E-state index in [4.69, 9.17) is 9.15 Å². The number of ether oxygens (including phenoxy) is 1. The first-order valence-electron chi connectivity index (χ1n) is 6.12. The molecule has 0 amide bonds. The number of aromatic nitrogens is 1. The monoisotopic (exact) mass is 246 g/mol. The van der Waals surface area contributed by atoms with E-state index in [1.165, 1.54) is 0 Å². The van der Waals surface area contributed by atoms with Gasteiger partial charge in [-0.25, -0.2) is 4.98 Å². The molecule has 0 spiro atoms. The molecule has 0 fully saturated rings. The molecule has 0 aliphatic carbocycles. The van der Waals surface area contributed by atoms with Crippen molar-refractivity contribution in [2.75, 3.05) is 6.61 Å². The Morgan fingerprint density at radius 3 is 2.89 bits per heavy atom. The van der Waals surface area contributed by atoms with Gasteiger partial charge in [0.2, 0.25) is 5.88 Å². The lowest BCUT2D eigenvalue weighted by Crippen LogP contribution is -2.13. The second-order valence-electron chi connectivity index (χ2n) is 4.02. The lowest BCUT2D eigenvalue weighted by molar-refractivity contribution is 0.321. The number of aryl methyl sites for hydroxylation is 1. The summed E-state index contributed by atoms with van der Waals surface area (Å²) in [6.07, 6.45) is 1.74. The maximum Gasteiger partial charge on any atom is 0.217 e. The summed E-state index contributed by atoms with van der Waals surface area (Å²) in [5.41, 5.74) is 1.06. The van der Waals surface area contributed by atoms with Crippen molar-refractivity contribution < 1.29 is 9.15 Å². The summed E-state index contributed by atoms with van der Waals surface area (Å²) in [5.74, 6) is 2.57. The largest absolute Gasteiger partial charge is 0.478 e. The highest BCUT2D eigenvalue weighted by Gasteiger charge is 2.04. The second kappa shape index (κ2) is 6.21. The minimum Gasteiger partial charge on any atom is -0.478 e. The summed E-state index contributed by atoms with van der Waals surface area (Å²) >= 11 is 0. The van der Waals surface area contributed by atoms with Gasteiger partial charge in [0, 0.05) is 18.3 Å². The van der Waals surface area contributed by atoms with E-state index in [0.29, 0.717) is 25.6 Å². The number of rotatable bonds is 6. The Balaban J connectivity index is 1.89. The summed E-state index contributed by atoms with van der Waals surface area (Å²) in [4.78, 5) is 4.21. The van der Waals surface area contributed by atoms with Crippen LogP contribution in [-0.4, -0.2) is 11.6 Å².